The zero-order valence-corrected chi connectivity index (χ0v) is 14.5. The van der Waals surface area contributed by atoms with E-state index in [1.807, 2.05) is 61.5 Å². The number of nitrogens with one attached hydrogen (secondary N) is 1. The number of hydrogen-bond acceptors (Lipinski definition) is 3. The number of aliphatic hydroxyl groups is 1. The van der Waals surface area contributed by atoms with Gasteiger partial charge in [0.15, 0.2) is 0 Å². The van der Waals surface area contributed by atoms with E-state index in [-0.39, 0.29) is 5.91 Å². The Morgan fingerprint density at radius 3 is 2.48 bits per heavy atom. The van der Waals surface area contributed by atoms with E-state index in [0.717, 1.165) is 22.6 Å². The third kappa shape index (κ3) is 3.74. The van der Waals surface area contributed by atoms with Crippen LogP contribution in [0.5, 0.6) is 5.75 Å². The van der Waals surface area contributed by atoms with Crippen molar-refractivity contribution in [3.8, 4) is 5.75 Å². The molecule has 4 nitrogen and oxygen atoms in total. The molecule has 0 aliphatic heterocycles. The Bertz CT molecular complexity index is 776. The zero-order chi connectivity index (χ0) is 17.9. The van der Waals surface area contributed by atoms with E-state index in [1.165, 1.54) is 0 Å². The third-order valence-corrected chi connectivity index (χ3v) is 4.79. The highest BCUT2D eigenvalue weighted by Crippen LogP contribution is 2.50. The molecule has 1 saturated carbocycles. The zero-order valence-electron chi connectivity index (χ0n) is 14.5. The smallest absolute Gasteiger partial charge is 0.233 e. The molecule has 0 aromatic heterocycles. The summed E-state index contributed by atoms with van der Waals surface area (Å²) in [6.45, 7) is 1.95. The van der Waals surface area contributed by atoms with Crippen molar-refractivity contribution in [2.45, 2.75) is 25.9 Å². The summed E-state index contributed by atoms with van der Waals surface area (Å²) in [7, 11) is 1.62. The quantitative estimate of drug-likeness (QED) is 0.843. The topological polar surface area (TPSA) is 58.6 Å². The molecule has 1 atom stereocenters. The molecule has 1 aliphatic rings. The molecule has 0 spiro atoms. The van der Waals surface area contributed by atoms with Gasteiger partial charge < -0.3 is 15.2 Å². The Kier molecular flexibility index (Phi) is 4.91. The minimum atomic E-state index is -0.807. The van der Waals surface area contributed by atoms with Crippen LogP contribution in [0.1, 0.15) is 24.0 Å². The average Bonchev–Trinajstić information content (AvgIpc) is 3.44. The van der Waals surface area contributed by atoms with E-state index in [2.05, 4.69) is 5.32 Å². The molecule has 1 amide bonds. The molecule has 2 N–H and O–H groups in total. The Hall–Kier alpha value is -2.59. The molecule has 2 aromatic carbocycles. The van der Waals surface area contributed by atoms with Gasteiger partial charge in [-0.15, -0.1) is 0 Å². The number of ether oxygens (including phenoxy) is 1. The predicted molar refractivity (Wildman–Crippen MR) is 99.5 cm³/mol. The van der Waals surface area contributed by atoms with E-state index in [1.54, 1.807) is 13.2 Å². The van der Waals surface area contributed by atoms with Crippen molar-refractivity contribution >= 4 is 17.7 Å². The number of carbonyl (C=O) groups excluding carboxylic acids is 1. The molecule has 0 radical (unpaired) electrons. The Morgan fingerprint density at radius 2 is 1.88 bits per heavy atom. The summed E-state index contributed by atoms with van der Waals surface area (Å²) in [6.07, 6.45) is 4.12. The third-order valence-electron chi connectivity index (χ3n) is 4.79. The van der Waals surface area contributed by atoms with Crippen LogP contribution < -0.4 is 10.1 Å². The van der Waals surface area contributed by atoms with E-state index in [0.29, 0.717) is 12.8 Å². The maximum Gasteiger partial charge on any atom is 0.233 e. The van der Waals surface area contributed by atoms with Crippen molar-refractivity contribution in [3.63, 3.8) is 0 Å². The second-order valence-electron chi connectivity index (χ2n) is 6.50. The van der Waals surface area contributed by atoms with E-state index in [9.17, 15) is 9.90 Å². The van der Waals surface area contributed by atoms with Crippen LogP contribution in [-0.2, 0) is 4.79 Å². The van der Waals surface area contributed by atoms with Gasteiger partial charge in [-0.05, 0) is 49.1 Å². The molecular formula is C21H23NO3. The molecule has 0 bridgehead atoms. The minimum absolute atomic E-state index is 0.117. The van der Waals surface area contributed by atoms with Gasteiger partial charge in [0.05, 0.1) is 18.6 Å². The molecule has 1 fully saturated rings. The lowest BCUT2D eigenvalue weighted by atomic mass is 9.96. The number of aryl methyl sites for hydroxylation is 1. The maximum atomic E-state index is 12.7. The van der Waals surface area contributed by atoms with Gasteiger partial charge in [0.25, 0.3) is 0 Å². The van der Waals surface area contributed by atoms with Gasteiger partial charge in [0, 0.05) is 5.69 Å². The number of anilines is 1. The predicted octanol–water partition coefficient (Wildman–Crippen LogP) is 3.80. The number of methoxy groups -OCH3 is 1. The van der Waals surface area contributed by atoms with Crippen LogP contribution in [-0.4, -0.2) is 24.2 Å². The molecule has 1 unspecified atom stereocenters. The SMILES string of the molecule is COc1ccc(/C=C/C(O)C2(C(=O)Nc3ccccc3C)CC2)cc1. The van der Waals surface area contributed by atoms with Crippen molar-refractivity contribution in [1.29, 1.82) is 0 Å². The summed E-state index contributed by atoms with van der Waals surface area (Å²) >= 11 is 0. The molecule has 2 aromatic rings. The molecule has 0 heterocycles. The number of rotatable bonds is 6. The molecule has 3 rings (SSSR count). The summed E-state index contributed by atoms with van der Waals surface area (Å²) in [5.41, 5.74) is 2.04. The lowest BCUT2D eigenvalue weighted by Gasteiger charge is -2.19. The number of amides is 1. The van der Waals surface area contributed by atoms with Crippen LogP contribution in [0.3, 0.4) is 0 Å². The summed E-state index contributed by atoms with van der Waals surface area (Å²) in [5.74, 6) is 0.669. The first-order chi connectivity index (χ1) is 12.0. The molecular weight excluding hydrogens is 314 g/mol. The monoisotopic (exact) mass is 337 g/mol. The Morgan fingerprint density at radius 1 is 1.20 bits per heavy atom. The maximum absolute atomic E-state index is 12.7. The second-order valence-corrected chi connectivity index (χ2v) is 6.50. The van der Waals surface area contributed by atoms with Gasteiger partial charge in [-0.25, -0.2) is 0 Å². The van der Waals surface area contributed by atoms with E-state index < -0.39 is 11.5 Å². The van der Waals surface area contributed by atoms with Crippen LogP contribution in [0.2, 0.25) is 0 Å². The van der Waals surface area contributed by atoms with E-state index in [4.69, 9.17) is 4.74 Å². The van der Waals surface area contributed by atoms with E-state index >= 15 is 0 Å². The standard InChI is InChI=1S/C21H23NO3/c1-15-5-3-4-6-18(15)22-20(24)21(13-14-21)19(23)12-9-16-7-10-17(25-2)11-8-16/h3-12,19,23H,13-14H2,1-2H3,(H,22,24)/b12-9+. The second kappa shape index (κ2) is 7.11. The first kappa shape index (κ1) is 17.2. The van der Waals surface area contributed by atoms with Crippen molar-refractivity contribution in [3.05, 3.63) is 65.7 Å². The largest absolute Gasteiger partial charge is 0.497 e. The molecule has 25 heavy (non-hydrogen) atoms. The van der Waals surface area contributed by atoms with Crippen LogP contribution in [0.25, 0.3) is 6.08 Å². The first-order valence-corrected chi connectivity index (χ1v) is 8.42. The van der Waals surface area contributed by atoms with Gasteiger partial charge >= 0.3 is 0 Å². The fraction of sp³-hybridized carbons (Fsp3) is 0.286. The van der Waals surface area contributed by atoms with Crippen molar-refractivity contribution in [2.24, 2.45) is 5.41 Å². The van der Waals surface area contributed by atoms with Gasteiger partial charge in [0.1, 0.15) is 5.75 Å². The summed E-state index contributed by atoms with van der Waals surface area (Å²) in [6, 6.07) is 15.2. The van der Waals surface area contributed by atoms with Crippen molar-refractivity contribution < 1.29 is 14.6 Å². The first-order valence-electron chi connectivity index (χ1n) is 8.42. The molecule has 130 valence electrons. The highest BCUT2D eigenvalue weighted by molar-refractivity contribution is 5.98. The number of hydrogen-bond donors (Lipinski definition) is 2. The highest BCUT2D eigenvalue weighted by atomic mass is 16.5. The van der Waals surface area contributed by atoms with Crippen molar-refractivity contribution in [1.82, 2.24) is 0 Å². The number of carbonyl (C=O) groups is 1. The number of benzene rings is 2. The van der Waals surface area contributed by atoms with Crippen LogP contribution in [0.4, 0.5) is 5.69 Å². The number of para-hydroxylation sites is 1. The lowest BCUT2D eigenvalue weighted by molar-refractivity contribution is -0.124. The summed E-state index contributed by atoms with van der Waals surface area (Å²) in [5, 5.41) is 13.5. The van der Waals surface area contributed by atoms with Crippen LogP contribution in [0, 0.1) is 12.3 Å². The average molecular weight is 337 g/mol. The molecule has 1 aliphatic carbocycles. The van der Waals surface area contributed by atoms with Gasteiger partial charge in [-0.1, -0.05) is 42.5 Å². The Labute approximate surface area is 148 Å². The molecule has 4 heteroatoms. The van der Waals surface area contributed by atoms with Crippen LogP contribution in [0.15, 0.2) is 54.6 Å². The van der Waals surface area contributed by atoms with Gasteiger partial charge in [-0.2, -0.15) is 0 Å². The highest BCUT2D eigenvalue weighted by Gasteiger charge is 2.54. The lowest BCUT2D eigenvalue weighted by Crippen LogP contribution is -2.33. The van der Waals surface area contributed by atoms with Crippen LogP contribution >= 0.6 is 0 Å². The summed E-state index contributed by atoms with van der Waals surface area (Å²) < 4.78 is 5.13. The molecule has 0 saturated heterocycles. The minimum Gasteiger partial charge on any atom is -0.497 e. The Balaban J connectivity index is 1.68. The van der Waals surface area contributed by atoms with Gasteiger partial charge in [-0.3, -0.25) is 4.79 Å². The number of aliphatic hydroxyl groups excluding tert-OH is 1. The normalized spacial score (nSPS) is 16.4. The fourth-order valence-electron chi connectivity index (χ4n) is 2.85. The van der Waals surface area contributed by atoms with Gasteiger partial charge in [0.2, 0.25) is 5.91 Å². The fourth-order valence-corrected chi connectivity index (χ4v) is 2.85. The van der Waals surface area contributed by atoms with Crippen molar-refractivity contribution in [2.75, 3.05) is 12.4 Å². The summed E-state index contributed by atoms with van der Waals surface area (Å²) in [4.78, 5) is 12.7.